The molecule has 3 heterocycles. The predicted octanol–water partition coefficient (Wildman–Crippen LogP) is 3.14. The number of ether oxygens (including phenoxy) is 1. The Bertz CT molecular complexity index is 834. The van der Waals surface area contributed by atoms with E-state index in [1.807, 2.05) is 19.2 Å². The average Bonchev–Trinajstić information content (AvgIpc) is 3.33. The highest BCUT2D eigenvalue weighted by Gasteiger charge is 2.33. The number of aliphatic hydroxyl groups is 1. The lowest BCUT2D eigenvalue weighted by molar-refractivity contribution is -0.128. The molecule has 1 aromatic rings. The first-order valence-electron chi connectivity index (χ1n) is 13.6. The van der Waals surface area contributed by atoms with Crippen LogP contribution in [0.4, 0.5) is 5.82 Å². The number of carbonyl (C=O) groups is 1. The number of piperazine rings is 1. The Hall–Kier alpha value is -1.86. The van der Waals surface area contributed by atoms with Gasteiger partial charge < -0.3 is 20.1 Å². The van der Waals surface area contributed by atoms with Crippen molar-refractivity contribution in [2.45, 2.75) is 82.8 Å². The summed E-state index contributed by atoms with van der Waals surface area (Å²) >= 11 is 0. The van der Waals surface area contributed by atoms with Crippen molar-refractivity contribution < 1.29 is 14.6 Å². The molecule has 0 unspecified atom stereocenters. The number of amides is 1. The van der Waals surface area contributed by atoms with Gasteiger partial charge in [0, 0.05) is 56.3 Å². The maximum absolute atomic E-state index is 12.7. The molecule has 1 aromatic heterocycles. The van der Waals surface area contributed by atoms with E-state index in [0.29, 0.717) is 6.04 Å². The first kappa shape index (κ1) is 23.9. The zero-order chi connectivity index (χ0) is 23.5. The number of hydrogen-bond acceptors (Lipinski definition) is 6. The monoisotopic (exact) mass is 470 g/mol. The third-order valence-electron chi connectivity index (χ3n) is 8.75. The molecule has 0 atom stereocenters. The minimum atomic E-state index is -0.575. The van der Waals surface area contributed by atoms with Gasteiger partial charge in [-0.2, -0.15) is 0 Å². The van der Waals surface area contributed by atoms with Crippen LogP contribution < -0.4 is 15.0 Å². The number of nitrogens with zero attached hydrogens (tertiary/aromatic N) is 3. The van der Waals surface area contributed by atoms with Crippen molar-refractivity contribution in [3.63, 3.8) is 0 Å². The molecule has 2 saturated carbocycles. The Kier molecular flexibility index (Phi) is 7.30. The number of pyridine rings is 1. The summed E-state index contributed by atoms with van der Waals surface area (Å²) in [5.41, 5.74) is 0.713. The molecule has 4 aliphatic rings. The zero-order valence-corrected chi connectivity index (χ0v) is 20.8. The Morgan fingerprint density at radius 1 is 1.15 bits per heavy atom. The van der Waals surface area contributed by atoms with Gasteiger partial charge in [0.05, 0.1) is 12.2 Å². The molecule has 1 amide bonds. The highest BCUT2D eigenvalue weighted by molar-refractivity contribution is 5.79. The van der Waals surface area contributed by atoms with Gasteiger partial charge >= 0.3 is 0 Å². The molecule has 2 N–H and O–H groups in total. The van der Waals surface area contributed by atoms with Gasteiger partial charge in [0.15, 0.2) is 0 Å². The van der Waals surface area contributed by atoms with Crippen molar-refractivity contribution in [2.75, 3.05) is 44.2 Å². The van der Waals surface area contributed by atoms with Crippen molar-refractivity contribution in [1.29, 1.82) is 0 Å². The molecule has 7 heteroatoms. The topological polar surface area (TPSA) is 77.9 Å². The number of anilines is 1. The SMILES string of the molecule is C[C@]1(O)CC[C@H](C(=O)NC2CCC(CCN3CCN(c4nccc5c4CCO5)CC3)CC2)CC1. The Balaban J connectivity index is 0.990. The minimum absolute atomic E-state index is 0.0938. The lowest BCUT2D eigenvalue weighted by Gasteiger charge is -2.37. The van der Waals surface area contributed by atoms with Gasteiger partial charge in [-0.1, -0.05) is 0 Å². The molecule has 0 bridgehead atoms. The number of aromatic nitrogens is 1. The average molecular weight is 471 g/mol. The van der Waals surface area contributed by atoms with E-state index in [1.54, 1.807) is 0 Å². The summed E-state index contributed by atoms with van der Waals surface area (Å²) in [6, 6.07) is 2.34. The fraction of sp³-hybridized carbons (Fsp3) is 0.778. The predicted molar refractivity (Wildman–Crippen MR) is 133 cm³/mol. The highest BCUT2D eigenvalue weighted by atomic mass is 16.5. The second-order valence-electron chi connectivity index (χ2n) is 11.3. The summed E-state index contributed by atoms with van der Waals surface area (Å²) in [5, 5.41) is 13.5. The molecule has 7 nitrogen and oxygen atoms in total. The second kappa shape index (κ2) is 10.4. The van der Waals surface area contributed by atoms with E-state index in [4.69, 9.17) is 4.74 Å². The summed E-state index contributed by atoms with van der Waals surface area (Å²) in [5.74, 6) is 3.25. The fourth-order valence-corrected chi connectivity index (χ4v) is 6.33. The van der Waals surface area contributed by atoms with Crippen molar-refractivity contribution in [3.8, 4) is 5.75 Å². The lowest BCUT2D eigenvalue weighted by atomic mass is 9.79. The Morgan fingerprint density at radius 2 is 1.88 bits per heavy atom. The Morgan fingerprint density at radius 3 is 2.62 bits per heavy atom. The van der Waals surface area contributed by atoms with Crippen LogP contribution in [0, 0.1) is 11.8 Å². The summed E-state index contributed by atoms with van der Waals surface area (Å²) < 4.78 is 5.71. The van der Waals surface area contributed by atoms with Gasteiger partial charge in [-0.15, -0.1) is 0 Å². The molecular weight excluding hydrogens is 428 g/mol. The number of rotatable bonds is 6. The van der Waals surface area contributed by atoms with Crippen LogP contribution in [0.15, 0.2) is 12.3 Å². The summed E-state index contributed by atoms with van der Waals surface area (Å²) in [7, 11) is 0. The van der Waals surface area contributed by atoms with Crippen LogP contribution in [-0.4, -0.2) is 71.9 Å². The van der Waals surface area contributed by atoms with E-state index < -0.39 is 5.60 Å². The van der Waals surface area contributed by atoms with Crippen LogP contribution in [0.2, 0.25) is 0 Å². The smallest absolute Gasteiger partial charge is 0.223 e. The quantitative estimate of drug-likeness (QED) is 0.665. The standard InChI is InChI=1S/C27H42N4O3/c1-27(33)11-6-21(7-12-27)26(32)29-22-4-2-20(3-5-22)9-14-30-15-17-31(18-16-30)25-23-10-19-34-24(23)8-13-28-25/h8,13,20-22,33H,2-7,9-12,14-19H2,1H3,(H,29,32)/t20?,21-,22?,27-. The summed E-state index contributed by atoms with van der Waals surface area (Å²) in [6.45, 7) is 8.14. The zero-order valence-electron chi connectivity index (χ0n) is 20.8. The van der Waals surface area contributed by atoms with Crippen LogP contribution in [0.3, 0.4) is 0 Å². The number of nitrogens with one attached hydrogen (secondary N) is 1. The van der Waals surface area contributed by atoms with Crippen LogP contribution in [0.5, 0.6) is 5.75 Å². The van der Waals surface area contributed by atoms with Gasteiger partial charge in [0.25, 0.3) is 0 Å². The van der Waals surface area contributed by atoms with Crippen LogP contribution in [0.1, 0.15) is 70.3 Å². The van der Waals surface area contributed by atoms with Gasteiger partial charge in [-0.25, -0.2) is 4.98 Å². The Labute approximate surface area is 204 Å². The normalized spacial score (nSPS) is 32.2. The van der Waals surface area contributed by atoms with E-state index >= 15 is 0 Å². The van der Waals surface area contributed by atoms with E-state index in [-0.39, 0.29) is 11.8 Å². The highest BCUT2D eigenvalue weighted by Crippen LogP contribution is 2.34. The van der Waals surface area contributed by atoms with Crippen LogP contribution in [-0.2, 0) is 11.2 Å². The molecule has 0 aromatic carbocycles. The van der Waals surface area contributed by atoms with Gasteiger partial charge in [0.2, 0.25) is 5.91 Å². The van der Waals surface area contributed by atoms with Gasteiger partial charge in [-0.3, -0.25) is 9.69 Å². The lowest BCUT2D eigenvalue weighted by Crippen LogP contribution is -2.47. The molecule has 3 fully saturated rings. The van der Waals surface area contributed by atoms with Gasteiger partial charge in [0.1, 0.15) is 11.6 Å². The molecule has 2 aliphatic heterocycles. The van der Waals surface area contributed by atoms with E-state index in [9.17, 15) is 9.90 Å². The maximum atomic E-state index is 12.7. The van der Waals surface area contributed by atoms with Crippen molar-refractivity contribution in [1.82, 2.24) is 15.2 Å². The number of hydrogen-bond donors (Lipinski definition) is 2. The summed E-state index contributed by atoms with van der Waals surface area (Å²) in [4.78, 5) is 22.4. The van der Waals surface area contributed by atoms with Crippen LogP contribution in [0.25, 0.3) is 0 Å². The van der Waals surface area contributed by atoms with E-state index in [2.05, 4.69) is 20.1 Å². The molecule has 1 saturated heterocycles. The molecule has 0 radical (unpaired) electrons. The largest absolute Gasteiger partial charge is 0.493 e. The molecular formula is C27H42N4O3. The fourth-order valence-electron chi connectivity index (χ4n) is 6.33. The third kappa shape index (κ3) is 5.68. The van der Waals surface area contributed by atoms with Crippen molar-refractivity contribution in [2.24, 2.45) is 11.8 Å². The molecule has 34 heavy (non-hydrogen) atoms. The number of carbonyl (C=O) groups excluding carboxylic acids is 1. The first-order valence-corrected chi connectivity index (χ1v) is 13.6. The van der Waals surface area contributed by atoms with Crippen molar-refractivity contribution >= 4 is 11.7 Å². The van der Waals surface area contributed by atoms with Crippen molar-refractivity contribution in [3.05, 3.63) is 17.8 Å². The van der Waals surface area contributed by atoms with Crippen LogP contribution >= 0.6 is 0 Å². The van der Waals surface area contributed by atoms with E-state index in [1.165, 1.54) is 31.4 Å². The first-order chi connectivity index (χ1) is 16.5. The van der Waals surface area contributed by atoms with E-state index in [0.717, 1.165) is 95.2 Å². The molecule has 188 valence electrons. The maximum Gasteiger partial charge on any atom is 0.223 e. The number of fused-ring (bicyclic) bond motifs is 1. The molecule has 5 rings (SSSR count). The minimum Gasteiger partial charge on any atom is -0.493 e. The molecule has 2 aliphatic carbocycles. The van der Waals surface area contributed by atoms with Gasteiger partial charge in [-0.05, 0) is 83.2 Å². The second-order valence-corrected chi connectivity index (χ2v) is 11.3. The molecule has 0 spiro atoms. The summed E-state index contributed by atoms with van der Waals surface area (Å²) in [6.07, 6.45) is 11.9. The third-order valence-corrected chi connectivity index (χ3v) is 8.75.